The van der Waals surface area contributed by atoms with Gasteiger partial charge in [0.1, 0.15) is 0 Å². The largest absolute Gasteiger partial charge is 0.352 e. The van der Waals surface area contributed by atoms with E-state index in [1.165, 1.54) is 0 Å². The first kappa shape index (κ1) is 13.0. The molecule has 1 saturated carbocycles. The van der Waals surface area contributed by atoms with Crippen molar-refractivity contribution in [3.05, 3.63) is 0 Å². The molecule has 0 aliphatic heterocycles. The van der Waals surface area contributed by atoms with Gasteiger partial charge in [-0.05, 0) is 31.6 Å². The maximum Gasteiger partial charge on any atom is 0.237 e. The number of nitrogens with one attached hydrogen (secondary N) is 1. The predicted octanol–water partition coefficient (Wildman–Crippen LogP) is 1.79. The van der Waals surface area contributed by atoms with Crippen molar-refractivity contribution >= 4 is 21.8 Å². The summed E-state index contributed by atoms with van der Waals surface area (Å²) >= 11 is 3.60. The number of hydrogen-bond acceptors (Lipinski definition) is 2. The van der Waals surface area contributed by atoms with Gasteiger partial charge in [0.25, 0.3) is 0 Å². The number of rotatable bonds is 3. The van der Waals surface area contributed by atoms with Crippen LogP contribution in [0.3, 0.4) is 0 Å². The summed E-state index contributed by atoms with van der Waals surface area (Å²) in [6, 6.07) is -0.0391. The van der Waals surface area contributed by atoms with Crippen molar-refractivity contribution in [1.29, 1.82) is 0 Å². The highest BCUT2D eigenvalue weighted by molar-refractivity contribution is 9.09. The number of amides is 1. The van der Waals surface area contributed by atoms with Crippen molar-refractivity contribution < 1.29 is 4.79 Å². The van der Waals surface area contributed by atoms with E-state index < -0.39 is 0 Å². The zero-order valence-electron chi connectivity index (χ0n) is 9.50. The summed E-state index contributed by atoms with van der Waals surface area (Å²) in [7, 11) is 0. The molecule has 0 spiro atoms. The maximum atomic E-state index is 11.7. The zero-order chi connectivity index (χ0) is 11.4. The van der Waals surface area contributed by atoms with Crippen LogP contribution in [0.4, 0.5) is 0 Å². The normalized spacial score (nSPS) is 28.9. The van der Waals surface area contributed by atoms with Crippen molar-refractivity contribution in [2.75, 3.05) is 0 Å². The lowest BCUT2D eigenvalue weighted by molar-refractivity contribution is -0.124. The Kier molecular flexibility index (Phi) is 5.06. The van der Waals surface area contributed by atoms with Crippen molar-refractivity contribution in [3.8, 4) is 0 Å². The Hall–Kier alpha value is -0.0900. The van der Waals surface area contributed by atoms with Gasteiger partial charge in [0.2, 0.25) is 5.91 Å². The number of nitrogens with two attached hydrogens (primary N) is 1. The minimum Gasteiger partial charge on any atom is -0.352 e. The molecule has 0 aromatic carbocycles. The maximum absolute atomic E-state index is 11.7. The highest BCUT2D eigenvalue weighted by Crippen LogP contribution is 2.24. The molecule has 0 aromatic rings. The lowest BCUT2D eigenvalue weighted by Crippen LogP contribution is -2.48. The first-order valence-corrected chi connectivity index (χ1v) is 6.62. The Labute approximate surface area is 100 Å². The fraction of sp³-hybridized carbons (Fsp3) is 0.909. The summed E-state index contributed by atoms with van der Waals surface area (Å²) in [5.74, 6) is 0.209. The average molecular weight is 277 g/mol. The minimum absolute atomic E-state index is 0.00280. The minimum atomic E-state index is -0.369. The van der Waals surface area contributed by atoms with E-state index in [0.717, 1.165) is 25.7 Å². The van der Waals surface area contributed by atoms with Crippen LogP contribution in [0.1, 0.15) is 39.5 Å². The summed E-state index contributed by atoms with van der Waals surface area (Å²) in [5, 5.41) is 3.04. The second kappa shape index (κ2) is 5.85. The van der Waals surface area contributed by atoms with Gasteiger partial charge >= 0.3 is 0 Å². The van der Waals surface area contributed by atoms with Crippen molar-refractivity contribution in [2.24, 2.45) is 11.7 Å². The summed E-state index contributed by atoms with van der Waals surface area (Å²) in [5.41, 5.74) is 5.78. The van der Waals surface area contributed by atoms with Gasteiger partial charge in [-0.2, -0.15) is 0 Å². The third-order valence-electron chi connectivity index (χ3n) is 3.02. The van der Waals surface area contributed by atoms with E-state index in [-0.39, 0.29) is 17.9 Å². The van der Waals surface area contributed by atoms with Gasteiger partial charge in [-0.1, -0.05) is 29.8 Å². The van der Waals surface area contributed by atoms with Crippen molar-refractivity contribution in [3.63, 3.8) is 0 Å². The molecule has 1 rings (SSSR count). The lowest BCUT2D eigenvalue weighted by atomic mass is 9.94. The Bertz CT molecular complexity index is 213. The monoisotopic (exact) mass is 276 g/mol. The number of alkyl halides is 1. The van der Waals surface area contributed by atoms with Crippen LogP contribution in [0.15, 0.2) is 0 Å². The van der Waals surface area contributed by atoms with Crippen LogP contribution in [0.25, 0.3) is 0 Å². The quantitative estimate of drug-likeness (QED) is 0.773. The van der Waals surface area contributed by atoms with Crippen LogP contribution in [0.5, 0.6) is 0 Å². The summed E-state index contributed by atoms with van der Waals surface area (Å²) in [4.78, 5) is 12.3. The highest BCUT2D eigenvalue weighted by atomic mass is 79.9. The molecule has 4 heteroatoms. The third-order valence-corrected chi connectivity index (χ3v) is 3.94. The van der Waals surface area contributed by atoms with Gasteiger partial charge in [0.05, 0.1) is 6.04 Å². The molecule has 0 saturated heterocycles. The molecular weight excluding hydrogens is 256 g/mol. The van der Waals surface area contributed by atoms with Crippen LogP contribution in [0.2, 0.25) is 0 Å². The van der Waals surface area contributed by atoms with Crippen LogP contribution in [-0.2, 0) is 4.79 Å². The van der Waals surface area contributed by atoms with Crippen LogP contribution in [0, 0.1) is 5.92 Å². The molecule has 1 fully saturated rings. The van der Waals surface area contributed by atoms with Crippen molar-refractivity contribution in [1.82, 2.24) is 5.32 Å². The Balaban J connectivity index is 2.32. The molecule has 88 valence electrons. The van der Waals surface area contributed by atoms with E-state index in [9.17, 15) is 4.79 Å². The molecule has 0 unspecified atom stereocenters. The fourth-order valence-corrected chi connectivity index (χ4v) is 2.33. The van der Waals surface area contributed by atoms with Crippen LogP contribution < -0.4 is 11.1 Å². The molecule has 0 radical (unpaired) electrons. The summed E-state index contributed by atoms with van der Waals surface area (Å²) in [6.07, 6.45) is 4.41. The molecule has 0 bridgehead atoms. The Morgan fingerprint density at radius 1 is 1.33 bits per heavy atom. The fourth-order valence-electron chi connectivity index (χ4n) is 1.80. The van der Waals surface area contributed by atoms with Crippen LogP contribution in [-0.4, -0.2) is 22.8 Å². The van der Waals surface area contributed by atoms with Gasteiger partial charge in [-0.15, -0.1) is 0 Å². The molecule has 3 nitrogen and oxygen atoms in total. The molecule has 1 atom stereocenters. The molecule has 0 aromatic heterocycles. The SMILES string of the molecule is CC(C)[C@H](N)C(=O)NC1CCC(Br)CC1. The predicted molar refractivity (Wildman–Crippen MR) is 65.9 cm³/mol. The molecule has 15 heavy (non-hydrogen) atoms. The molecule has 3 N–H and O–H groups in total. The summed E-state index contributed by atoms with van der Waals surface area (Å²) in [6.45, 7) is 3.94. The number of carbonyl (C=O) groups excluding carboxylic acids is 1. The van der Waals surface area contributed by atoms with E-state index in [1.54, 1.807) is 0 Å². The molecule has 1 aliphatic rings. The molecule has 1 aliphatic carbocycles. The Morgan fingerprint density at radius 2 is 1.87 bits per heavy atom. The highest BCUT2D eigenvalue weighted by Gasteiger charge is 2.24. The lowest BCUT2D eigenvalue weighted by Gasteiger charge is -2.27. The van der Waals surface area contributed by atoms with Gasteiger partial charge in [-0.3, -0.25) is 4.79 Å². The molecule has 1 amide bonds. The van der Waals surface area contributed by atoms with Crippen LogP contribution >= 0.6 is 15.9 Å². The van der Waals surface area contributed by atoms with Gasteiger partial charge in [0, 0.05) is 10.9 Å². The van der Waals surface area contributed by atoms with Gasteiger partial charge < -0.3 is 11.1 Å². The number of halogens is 1. The van der Waals surface area contributed by atoms with E-state index >= 15 is 0 Å². The van der Waals surface area contributed by atoms with Crippen molar-refractivity contribution in [2.45, 2.75) is 56.4 Å². The topological polar surface area (TPSA) is 55.1 Å². The standard InChI is InChI=1S/C11H21BrN2O/c1-7(2)10(13)11(15)14-9-5-3-8(12)4-6-9/h7-10H,3-6,13H2,1-2H3,(H,14,15)/t8?,9?,10-/m0/s1. The number of carbonyl (C=O) groups is 1. The first-order valence-electron chi connectivity index (χ1n) is 5.70. The molecular formula is C11H21BrN2O. The summed E-state index contributed by atoms with van der Waals surface area (Å²) < 4.78 is 0. The molecule has 0 heterocycles. The van der Waals surface area contributed by atoms with E-state index in [2.05, 4.69) is 21.2 Å². The second-order valence-corrected chi connectivity index (χ2v) is 6.02. The van der Waals surface area contributed by atoms with E-state index in [1.807, 2.05) is 13.8 Å². The van der Waals surface area contributed by atoms with E-state index in [4.69, 9.17) is 5.73 Å². The zero-order valence-corrected chi connectivity index (χ0v) is 11.1. The van der Waals surface area contributed by atoms with Gasteiger partial charge in [0.15, 0.2) is 0 Å². The van der Waals surface area contributed by atoms with Gasteiger partial charge in [-0.25, -0.2) is 0 Å². The average Bonchev–Trinajstić information content (AvgIpc) is 2.20. The van der Waals surface area contributed by atoms with E-state index in [0.29, 0.717) is 10.9 Å². The second-order valence-electron chi connectivity index (χ2n) is 4.73. The first-order chi connectivity index (χ1) is 7.00. The number of hydrogen-bond donors (Lipinski definition) is 2. The smallest absolute Gasteiger partial charge is 0.237 e. The Morgan fingerprint density at radius 3 is 2.33 bits per heavy atom. The third kappa shape index (κ3) is 4.11.